The molecule has 0 radical (unpaired) electrons. The summed E-state index contributed by atoms with van der Waals surface area (Å²) in [5.74, 6) is 0.884. The lowest BCUT2D eigenvalue weighted by Crippen LogP contribution is -2.14. The van der Waals surface area contributed by atoms with Gasteiger partial charge in [-0.15, -0.1) is 0 Å². The van der Waals surface area contributed by atoms with E-state index in [4.69, 9.17) is 9.47 Å². The van der Waals surface area contributed by atoms with Crippen molar-refractivity contribution in [2.24, 2.45) is 0 Å². The van der Waals surface area contributed by atoms with Crippen LogP contribution in [0.2, 0.25) is 0 Å². The zero-order valence-corrected chi connectivity index (χ0v) is 12.9. The summed E-state index contributed by atoms with van der Waals surface area (Å²) in [4.78, 5) is 0. The third-order valence-electron chi connectivity index (χ3n) is 3.34. The van der Waals surface area contributed by atoms with E-state index >= 15 is 0 Å². The highest BCUT2D eigenvalue weighted by Crippen LogP contribution is 2.23. The predicted molar refractivity (Wildman–Crippen MR) is 80.4 cm³/mol. The molecule has 1 aliphatic rings. The Hall–Kier alpha value is -1.08. The van der Waals surface area contributed by atoms with E-state index in [0.717, 1.165) is 29.0 Å². The molecular formula is C14H15IN2O2. The molecule has 3 rings (SSSR count). The van der Waals surface area contributed by atoms with Gasteiger partial charge in [0.15, 0.2) is 0 Å². The highest BCUT2D eigenvalue weighted by Gasteiger charge is 2.19. The number of fused-ring (bicyclic) bond motifs is 1. The van der Waals surface area contributed by atoms with E-state index in [9.17, 15) is 0 Å². The summed E-state index contributed by atoms with van der Waals surface area (Å²) in [6.45, 7) is 2.28. The topological polar surface area (TPSA) is 36.3 Å². The number of ether oxygens (including phenoxy) is 2. The summed E-state index contributed by atoms with van der Waals surface area (Å²) in [5.41, 5.74) is 3.79. The van der Waals surface area contributed by atoms with Crippen LogP contribution in [0.4, 0.5) is 0 Å². The maximum absolute atomic E-state index is 5.50. The van der Waals surface area contributed by atoms with Gasteiger partial charge < -0.3 is 9.47 Å². The lowest BCUT2D eigenvalue weighted by Gasteiger charge is -2.14. The van der Waals surface area contributed by atoms with E-state index in [0.29, 0.717) is 6.61 Å². The lowest BCUT2D eigenvalue weighted by atomic mass is 10.1. The van der Waals surface area contributed by atoms with Gasteiger partial charge in [0, 0.05) is 17.7 Å². The Balaban J connectivity index is 1.86. The Labute approximate surface area is 125 Å². The quantitative estimate of drug-likeness (QED) is 0.780. The number of aromatic nitrogens is 2. The molecule has 19 heavy (non-hydrogen) atoms. The van der Waals surface area contributed by atoms with Crippen LogP contribution in [0.25, 0.3) is 0 Å². The standard InChI is InChI=1S/C14H15IN2O2/c1-18-11-4-2-10(3-5-11)8-17-13-6-7-19-9-12(13)14(15)16-17/h2-5H,6-9H2,1H3. The van der Waals surface area contributed by atoms with E-state index in [1.165, 1.54) is 16.8 Å². The largest absolute Gasteiger partial charge is 0.497 e. The normalized spacial score (nSPS) is 14.2. The molecule has 0 atom stereocenters. The van der Waals surface area contributed by atoms with Crippen molar-refractivity contribution in [3.63, 3.8) is 0 Å². The van der Waals surface area contributed by atoms with Crippen LogP contribution in [0.3, 0.4) is 0 Å². The van der Waals surface area contributed by atoms with Crippen LogP contribution in [-0.4, -0.2) is 23.5 Å². The molecule has 0 saturated heterocycles. The fraction of sp³-hybridized carbons (Fsp3) is 0.357. The highest BCUT2D eigenvalue weighted by molar-refractivity contribution is 14.1. The van der Waals surface area contributed by atoms with Crippen molar-refractivity contribution in [1.29, 1.82) is 0 Å². The van der Waals surface area contributed by atoms with Gasteiger partial charge >= 0.3 is 0 Å². The molecule has 4 nitrogen and oxygen atoms in total. The summed E-state index contributed by atoms with van der Waals surface area (Å²) in [5, 5.41) is 4.62. The van der Waals surface area contributed by atoms with Crippen LogP contribution in [0.1, 0.15) is 16.8 Å². The van der Waals surface area contributed by atoms with Crippen LogP contribution >= 0.6 is 22.6 Å². The first-order valence-corrected chi connectivity index (χ1v) is 7.30. The molecule has 0 spiro atoms. The lowest BCUT2D eigenvalue weighted by molar-refractivity contribution is 0.108. The van der Waals surface area contributed by atoms with Gasteiger partial charge in [-0.05, 0) is 40.3 Å². The second-order valence-corrected chi connectivity index (χ2v) is 5.55. The molecule has 2 heterocycles. The number of halogens is 1. The Morgan fingerprint density at radius 2 is 2.16 bits per heavy atom. The average Bonchev–Trinajstić information content (AvgIpc) is 2.77. The predicted octanol–water partition coefficient (Wildman–Crippen LogP) is 2.62. The Bertz CT molecular complexity index is 578. The van der Waals surface area contributed by atoms with Gasteiger partial charge in [-0.3, -0.25) is 4.68 Å². The molecular weight excluding hydrogens is 355 g/mol. The van der Waals surface area contributed by atoms with Gasteiger partial charge in [-0.25, -0.2) is 0 Å². The molecule has 0 bridgehead atoms. The van der Waals surface area contributed by atoms with Gasteiger partial charge in [0.1, 0.15) is 9.45 Å². The zero-order chi connectivity index (χ0) is 13.2. The Kier molecular flexibility index (Phi) is 3.74. The SMILES string of the molecule is COc1ccc(Cn2nc(I)c3c2CCOC3)cc1. The third kappa shape index (κ3) is 2.62. The van der Waals surface area contributed by atoms with Crippen molar-refractivity contribution in [1.82, 2.24) is 9.78 Å². The maximum atomic E-state index is 5.50. The second-order valence-electron chi connectivity index (χ2n) is 4.52. The molecule has 1 aliphatic heterocycles. The Morgan fingerprint density at radius 1 is 1.37 bits per heavy atom. The molecule has 0 unspecified atom stereocenters. The van der Waals surface area contributed by atoms with Crippen LogP contribution in [0.15, 0.2) is 24.3 Å². The van der Waals surface area contributed by atoms with Crippen molar-refractivity contribution in [2.75, 3.05) is 13.7 Å². The number of rotatable bonds is 3. The number of methoxy groups -OCH3 is 1. The van der Waals surface area contributed by atoms with E-state index < -0.39 is 0 Å². The minimum atomic E-state index is 0.691. The summed E-state index contributed by atoms with van der Waals surface area (Å²) >= 11 is 2.29. The smallest absolute Gasteiger partial charge is 0.129 e. The molecule has 2 aromatic rings. The van der Waals surface area contributed by atoms with Crippen molar-refractivity contribution in [2.45, 2.75) is 19.6 Å². The van der Waals surface area contributed by atoms with Crippen LogP contribution < -0.4 is 4.74 Å². The van der Waals surface area contributed by atoms with Crippen molar-refractivity contribution >= 4 is 22.6 Å². The van der Waals surface area contributed by atoms with Gasteiger partial charge in [0.2, 0.25) is 0 Å². The minimum Gasteiger partial charge on any atom is -0.497 e. The van der Waals surface area contributed by atoms with Gasteiger partial charge in [0.25, 0.3) is 0 Å². The molecule has 1 aromatic carbocycles. The van der Waals surface area contributed by atoms with Gasteiger partial charge in [-0.1, -0.05) is 12.1 Å². The maximum Gasteiger partial charge on any atom is 0.129 e. The first-order valence-electron chi connectivity index (χ1n) is 6.22. The molecule has 5 heteroatoms. The monoisotopic (exact) mass is 370 g/mol. The van der Waals surface area contributed by atoms with Crippen molar-refractivity contribution < 1.29 is 9.47 Å². The van der Waals surface area contributed by atoms with Gasteiger partial charge in [0.05, 0.1) is 26.9 Å². The molecule has 100 valence electrons. The highest BCUT2D eigenvalue weighted by atomic mass is 127. The van der Waals surface area contributed by atoms with E-state index in [2.05, 4.69) is 44.5 Å². The number of hydrogen-bond acceptors (Lipinski definition) is 3. The minimum absolute atomic E-state index is 0.691. The van der Waals surface area contributed by atoms with E-state index in [-0.39, 0.29) is 0 Å². The van der Waals surface area contributed by atoms with Crippen LogP contribution in [0, 0.1) is 3.70 Å². The number of nitrogens with zero attached hydrogens (tertiary/aromatic N) is 2. The van der Waals surface area contributed by atoms with Crippen LogP contribution in [-0.2, 0) is 24.3 Å². The average molecular weight is 370 g/mol. The van der Waals surface area contributed by atoms with Crippen LogP contribution in [0.5, 0.6) is 5.75 Å². The summed E-state index contributed by atoms with van der Waals surface area (Å²) < 4.78 is 13.8. The Morgan fingerprint density at radius 3 is 2.89 bits per heavy atom. The first kappa shape index (κ1) is 12.9. The van der Waals surface area contributed by atoms with Crippen molar-refractivity contribution in [3.05, 3.63) is 44.8 Å². The molecule has 0 fully saturated rings. The fourth-order valence-electron chi connectivity index (χ4n) is 2.30. The number of hydrogen-bond donors (Lipinski definition) is 0. The third-order valence-corrected chi connectivity index (χ3v) is 4.21. The molecule has 0 saturated carbocycles. The molecule has 0 aliphatic carbocycles. The summed E-state index contributed by atoms with van der Waals surface area (Å²) in [6, 6.07) is 8.14. The summed E-state index contributed by atoms with van der Waals surface area (Å²) in [7, 11) is 1.68. The first-order chi connectivity index (χ1) is 9.28. The molecule has 0 N–H and O–H groups in total. The zero-order valence-electron chi connectivity index (χ0n) is 10.7. The van der Waals surface area contributed by atoms with Gasteiger partial charge in [-0.2, -0.15) is 5.10 Å². The summed E-state index contributed by atoms with van der Waals surface area (Å²) in [6.07, 6.45) is 0.946. The van der Waals surface area contributed by atoms with E-state index in [1.807, 2.05) is 12.1 Å². The van der Waals surface area contributed by atoms with E-state index in [1.54, 1.807) is 7.11 Å². The molecule has 1 aromatic heterocycles. The second kappa shape index (κ2) is 5.50. The van der Waals surface area contributed by atoms with Crippen molar-refractivity contribution in [3.8, 4) is 5.75 Å². The number of benzene rings is 1. The molecule has 0 amide bonds. The fourth-order valence-corrected chi connectivity index (χ4v) is 3.03.